The summed E-state index contributed by atoms with van der Waals surface area (Å²) < 4.78 is 0. The van der Waals surface area contributed by atoms with E-state index in [2.05, 4.69) is 0 Å². The molecular weight excluding hydrogens is 113 g/mol. The number of carbonyl (C=O) groups is 1. The summed E-state index contributed by atoms with van der Waals surface area (Å²) in [6, 6.07) is -0.159. The molecule has 1 rings (SSSR count). The van der Waals surface area contributed by atoms with Gasteiger partial charge in [-0.1, -0.05) is 12.8 Å². The van der Waals surface area contributed by atoms with E-state index in [9.17, 15) is 4.79 Å². The van der Waals surface area contributed by atoms with Crippen molar-refractivity contribution in [1.82, 2.24) is 0 Å². The third-order valence-electron chi connectivity index (χ3n) is 2.00. The molecule has 1 aliphatic carbocycles. The number of rotatable bonds is 0. The van der Waals surface area contributed by atoms with E-state index >= 15 is 0 Å². The molecule has 2 atom stereocenters. The van der Waals surface area contributed by atoms with Gasteiger partial charge >= 0.3 is 0 Å². The lowest BCUT2D eigenvalue weighted by Crippen LogP contribution is -2.36. The molecule has 0 bridgehead atoms. The molecule has 0 aromatic rings. The average Bonchev–Trinajstić information content (AvgIpc) is 1.83. The highest BCUT2D eigenvalue weighted by Gasteiger charge is 2.24. The van der Waals surface area contributed by atoms with Crippen LogP contribution in [0, 0.1) is 0 Å². The maximum Gasteiger partial charge on any atom is 0.144 e. The second kappa shape index (κ2) is 2.52. The van der Waals surface area contributed by atoms with Gasteiger partial charge in [0.15, 0.2) is 0 Å². The van der Waals surface area contributed by atoms with Crippen molar-refractivity contribution in [1.29, 1.82) is 0 Å². The summed E-state index contributed by atoms with van der Waals surface area (Å²) in [6.45, 7) is 0. The lowest BCUT2D eigenvalue weighted by Gasteiger charge is -2.21. The monoisotopic (exact) mass is 125 g/mol. The molecule has 50 valence electrons. The Morgan fingerprint density at radius 1 is 1.56 bits per heavy atom. The molecule has 2 N–H and O–H groups in total. The Balaban J connectivity index is 2.52. The Kier molecular flexibility index (Phi) is 1.91. The molecule has 0 aliphatic heterocycles. The van der Waals surface area contributed by atoms with E-state index in [1.807, 2.05) is 7.85 Å². The third-order valence-corrected chi connectivity index (χ3v) is 2.00. The molecule has 2 nitrogen and oxygen atoms in total. The molecule has 1 aliphatic rings. The van der Waals surface area contributed by atoms with Crippen molar-refractivity contribution in [2.45, 2.75) is 31.1 Å². The van der Waals surface area contributed by atoms with E-state index in [0.717, 1.165) is 19.3 Å². The lowest BCUT2D eigenvalue weighted by atomic mass is 9.73. The zero-order valence-electron chi connectivity index (χ0n) is 5.76. The first-order chi connectivity index (χ1) is 4.22. The molecule has 1 fully saturated rings. The predicted octanol–water partition coefficient (Wildman–Crippen LogP) is -0.512. The minimum Gasteiger partial charge on any atom is -0.322 e. The minimum absolute atomic E-state index is 0.159. The summed E-state index contributed by atoms with van der Waals surface area (Å²) in [4.78, 5) is 11.0. The number of nitrogens with two attached hydrogens (primary N) is 1. The molecular formula is C6H12BNO. The van der Waals surface area contributed by atoms with Crippen molar-refractivity contribution in [3.8, 4) is 0 Å². The summed E-state index contributed by atoms with van der Waals surface area (Å²) in [6.07, 6.45) is 3.05. The molecule has 0 saturated heterocycles. The Morgan fingerprint density at radius 2 is 2.22 bits per heavy atom. The van der Waals surface area contributed by atoms with Crippen molar-refractivity contribution in [2.24, 2.45) is 5.73 Å². The van der Waals surface area contributed by atoms with Crippen molar-refractivity contribution in [2.75, 3.05) is 0 Å². The summed E-state index contributed by atoms with van der Waals surface area (Å²) in [5.41, 5.74) is 5.52. The second-order valence-corrected chi connectivity index (χ2v) is 2.84. The maximum absolute atomic E-state index is 11.0. The highest BCUT2D eigenvalue weighted by Crippen LogP contribution is 2.21. The molecule has 0 spiro atoms. The average molecular weight is 125 g/mol. The van der Waals surface area contributed by atoms with E-state index in [-0.39, 0.29) is 17.6 Å². The lowest BCUT2D eigenvalue weighted by molar-refractivity contribution is -0.121. The molecule has 0 aromatic carbocycles. The van der Waals surface area contributed by atoms with Gasteiger partial charge in [0.25, 0.3) is 0 Å². The number of ketones is 1. The highest BCUT2D eigenvalue weighted by atomic mass is 16.1. The molecule has 0 amide bonds. The molecule has 0 aromatic heterocycles. The summed E-state index contributed by atoms with van der Waals surface area (Å²) in [5, 5.41) is 0. The standard InChI is InChI=1S/C6H12BNO/c7-4-2-1-3-5(8)6(4)9/h4-5H,1-3,7-8H2. The number of Topliss-reactive ketones (excluding diaryl/α,β-unsaturated/α-hetero) is 1. The van der Waals surface area contributed by atoms with Crippen LogP contribution in [0.3, 0.4) is 0 Å². The van der Waals surface area contributed by atoms with Crippen molar-refractivity contribution >= 4 is 13.6 Å². The SMILES string of the molecule is BC1CCCC(N)C1=O. The van der Waals surface area contributed by atoms with Crippen LogP contribution >= 0.6 is 0 Å². The van der Waals surface area contributed by atoms with E-state index in [0.29, 0.717) is 0 Å². The summed E-state index contributed by atoms with van der Waals surface area (Å²) in [5.74, 6) is 0.468. The quantitative estimate of drug-likeness (QED) is 0.443. The fourth-order valence-corrected chi connectivity index (χ4v) is 1.29. The summed E-state index contributed by atoms with van der Waals surface area (Å²) in [7, 11) is 1.96. The van der Waals surface area contributed by atoms with E-state index < -0.39 is 0 Å². The fraction of sp³-hybridized carbons (Fsp3) is 0.833. The molecule has 3 heteroatoms. The largest absolute Gasteiger partial charge is 0.322 e. The first kappa shape index (κ1) is 6.81. The molecule has 0 radical (unpaired) electrons. The van der Waals surface area contributed by atoms with Crippen molar-refractivity contribution < 1.29 is 4.79 Å². The van der Waals surface area contributed by atoms with E-state index in [1.165, 1.54) is 0 Å². The smallest absolute Gasteiger partial charge is 0.144 e. The number of carbonyl (C=O) groups excluding carboxylic acids is 1. The van der Waals surface area contributed by atoms with Gasteiger partial charge in [-0.25, -0.2) is 0 Å². The fourth-order valence-electron chi connectivity index (χ4n) is 1.29. The predicted molar refractivity (Wildman–Crippen MR) is 39.1 cm³/mol. The van der Waals surface area contributed by atoms with Crippen LogP contribution in [-0.4, -0.2) is 19.7 Å². The van der Waals surface area contributed by atoms with Crippen molar-refractivity contribution in [3.63, 3.8) is 0 Å². The first-order valence-corrected chi connectivity index (χ1v) is 3.51. The van der Waals surface area contributed by atoms with Gasteiger partial charge in [-0.2, -0.15) is 0 Å². The second-order valence-electron chi connectivity index (χ2n) is 2.84. The van der Waals surface area contributed by atoms with Gasteiger partial charge in [-0.05, 0) is 12.2 Å². The number of hydrogen-bond donors (Lipinski definition) is 1. The van der Waals surface area contributed by atoms with Crippen molar-refractivity contribution in [3.05, 3.63) is 0 Å². The van der Waals surface area contributed by atoms with Crippen LogP contribution in [-0.2, 0) is 4.79 Å². The minimum atomic E-state index is -0.159. The van der Waals surface area contributed by atoms with Gasteiger partial charge in [-0.15, -0.1) is 0 Å². The van der Waals surface area contributed by atoms with Gasteiger partial charge in [0.2, 0.25) is 0 Å². The van der Waals surface area contributed by atoms with E-state index in [4.69, 9.17) is 5.73 Å². The van der Waals surface area contributed by atoms with Crippen LogP contribution in [0.25, 0.3) is 0 Å². The van der Waals surface area contributed by atoms with Crippen LogP contribution < -0.4 is 5.73 Å². The zero-order chi connectivity index (χ0) is 6.85. The first-order valence-electron chi connectivity index (χ1n) is 3.51. The summed E-state index contributed by atoms with van der Waals surface area (Å²) >= 11 is 0. The Labute approximate surface area is 56.2 Å². The highest BCUT2D eigenvalue weighted by molar-refractivity contribution is 6.25. The molecule has 0 heterocycles. The molecule has 2 unspecified atom stereocenters. The maximum atomic E-state index is 11.0. The Hall–Kier alpha value is -0.305. The molecule has 9 heavy (non-hydrogen) atoms. The topological polar surface area (TPSA) is 43.1 Å². The zero-order valence-corrected chi connectivity index (χ0v) is 5.76. The van der Waals surface area contributed by atoms with Crippen LogP contribution in [0.5, 0.6) is 0 Å². The normalized spacial score (nSPS) is 36.8. The molecule has 1 saturated carbocycles. The third kappa shape index (κ3) is 1.33. The van der Waals surface area contributed by atoms with Crippen LogP contribution in [0.2, 0.25) is 5.82 Å². The van der Waals surface area contributed by atoms with Gasteiger partial charge in [-0.3, -0.25) is 4.79 Å². The Morgan fingerprint density at radius 3 is 2.67 bits per heavy atom. The number of hydrogen-bond acceptors (Lipinski definition) is 2. The Bertz CT molecular complexity index is 114. The van der Waals surface area contributed by atoms with Gasteiger partial charge < -0.3 is 5.73 Å². The van der Waals surface area contributed by atoms with Crippen LogP contribution in [0.15, 0.2) is 0 Å². The van der Waals surface area contributed by atoms with Crippen LogP contribution in [0.4, 0.5) is 0 Å². The van der Waals surface area contributed by atoms with Gasteiger partial charge in [0.05, 0.1) is 6.04 Å². The van der Waals surface area contributed by atoms with E-state index in [1.54, 1.807) is 0 Å². The van der Waals surface area contributed by atoms with Gasteiger partial charge in [0.1, 0.15) is 13.6 Å². The van der Waals surface area contributed by atoms with Crippen LogP contribution in [0.1, 0.15) is 19.3 Å². The van der Waals surface area contributed by atoms with Gasteiger partial charge in [0, 0.05) is 0 Å².